The van der Waals surface area contributed by atoms with Crippen molar-refractivity contribution in [3.05, 3.63) is 0 Å². The molecule has 7 heteroatoms. The molecular weight excluding hydrogens is 346 g/mol. The molecule has 0 spiro atoms. The first kappa shape index (κ1) is 21.7. The van der Waals surface area contributed by atoms with Gasteiger partial charge in [0.15, 0.2) is 0 Å². The Labute approximate surface area is 162 Å². The highest BCUT2D eigenvalue weighted by Gasteiger charge is 2.37. The summed E-state index contributed by atoms with van der Waals surface area (Å²) in [5.74, 6) is -1.54. The molecule has 2 rings (SSSR count). The molecule has 4 N–H and O–H groups in total. The van der Waals surface area contributed by atoms with Crippen LogP contribution in [0.1, 0.15) is 71.1 Å². The van der Waals surface area contributed by atoms with Crippen LogP contribution >= 0.6 is 0 Å². The van der Waals surface area contributed by atoms with E-state index >= 15 is 0 Å². The predicted molar refractivity (Wildman–Crippen MR) is 103 cm³/mol. The van der Waals surface area contributed by atoms with Gasteiger partial charge in [-0.15, -0.1) is 0 Å². The second kappa shape index (κ2) is 10.1. The molecule has 27 heavy (non-hydrogen) atoms. The number of hydrogen-bond donors (Lipinski definition) is 3. The van der Waals surface area contributed by atoms with Crippen LogP contribution in [0.25, 0.3) is 0 Å². The van der Waals surface area contributed by atoms with Gasteiger partial charge in [0.2, 0.25) is 11.8 Å². The lowest BCUT2D eigenvalue weighted by molar-refractivity contribution is -0.153. The van der Waals surface area contributed by atoms with Gasteiger partial charge in [-0.1, -0.05) is 38.5 Å². The fourth-order valence-corrected chi connectivity index (χ4v) is 4.65. The molecule has 0 aromatic rings. The third kappa shape index (κ3) is 5.67. The van der Waals surface area contributed by atoms with Gasteiger partial charge in [-0.05, 0) is 44.4 Å². The third-order valence-electron chi connectivity index (χ3n) is 6.30. The van der Waals surface area contributed by atoms with E-state index in [-0.39, 0.29) is 23.7 Å². The summed E-state index contributed by atoms with van der Waals surface area (Å²) in [5, 5.41) is 12.4. The molecule has 0 bridgehead atoms. The zero-order chi connectivity index (χ0) is 20.0. The zero-order valence-electron chi connectivity index (χ0n) is 16.7. The quantitative estimate of drug-likeness (QED) is 0.623. The first-order valence-corrected chi connectivity index (χ1v) is 10.4. The average Bonchev–Trinajstić information content (AvgIpc) is 2.67. The monoisotopic (exact) mass is 381 g/mol. The number of likely N-dealkylation sites (N-methyl/N-ethyl adjacent to an activating group) is 1. The Balaban J connectivity index is 1.94. The maximum Gasteiger partial charge on any atom is 0.326 e. The summed E-state index contributed by atoms with van der Waals surface area (Å²) < 4.78 is 0. The molecule has 0 aromatic heterocycles. The predicted octanol–water partition coefficient (Wildman–Crippen LogP) is 1.89. The minimum atomic E-state index is -0.977. The molecule has 154 valence electrons. The molecule has 0 aliphatic heterocycles. The minimum absolute atomic E-state index is 0.0300. The van der Waals surface area contributed by atoms with Crippen molar-refractivity contribution in [2.24, 2.45) is 17.6 Å². The van der Waals surface area contributed by atoms with Crippen molar-refractivity contribution in [2.45, 2.75) is 89.3 Å². The number of nitrogens with one attached hydrogen (secondary N) is 1. The second-order valence-electron chi connectivity index (χ2n) is 8.28. The number of nitrogens with zero attached hydrogens (tertiary/aromatic N) is 1. The second-order valence-corrected chi connectivity index (χ2v) is 8.28. The van der Waals surface area contributed by atoms with Crippen molar-refractivity contribution < 1.29 is 19.5 Å². The average molecular weight is 382 g/mol. The number of carboxylic acid groups (broad SMARTS) is 1. The van der Waals surface area contributed by atoms with Gasteiger partial charge in [-0.2, -0.15) is 0 Å². The van der Waals surface area contributed by atoms with Crippen LogP contribution in [0.5, 0.6) is 0 Å². The van der Waals surface area contributed by atoms with Gasteiger partial charge in [0, 0.05) is 7.05 Å². The highest BCUT2D eigenvalue weighted by Crippen LogP contribution is 2.29. The van der Waals surface area contributed by atoms with Crippen molar-refractivity contribution in [1.82, 2.24) is 10.2 Å². The van der Waals surface area contributed by atoms with E-state index in [1.165, 1.54) is 18.4 Å². The Morgan fingerprint density at radius 3 is 1.93 bits per heavy atom. The van der Waals surface area contributed by atoms with Crippen LogP contribution in [0.15, 0.2) is 0 Å². The highest BCUT2D eigenvalue weighted by molar-refractivity contribution is 5.91. The van der Waals surface area contributed by atoms with Crippen molar-refractivity contribution in [1.29, 1.82) is 0 Å². The van der Waals surface area contributed by atoms with Gasteiger partial charge in [-0.3, -0.25) is 9.59 Å². The largest absolute Gasteiger partial charge is 0.480 e. The summed E-state index contributed by atoms with van der Waals surface area (Å²) in [5.41, 5.74) is 6.11. The van der Waals surface area contributed by atoms with Crippen LogP contribution in [0.2, 0.25) is 0 Å². The number of carbonyl (C=O) groups excluding carboxylic acids is 2. The summed E-state index contributed by atoms with van der Waals surface area (Å²) in [6.07, 6.45) is 10.0. The van der Waals surface area contributed by atoms with Gasteiger partial charge in [-0.25, -0.2) is 4.79 Å². The lowest BCUT2D eigenvalue weighted by atomic mass is 9.83. The normalized spacial score (nSPS) is 22.5. The summed E-state index contributed by atoms with van der Waals surface area (Å²) >= 11 is 0. The molecular formula is C20H35N3O4. The number of carboxylic acids is 1. The van der Waals surface area contributed by atoms with Gasteiger partial charge in [0.1, 0.15) is 12.1 Å². The summed E-state index contributed by atoms with van der Waals surface area (Å²) in [4.78, 5) is 38.3. The Bertz CT molecular complexity index is 527. The SMILES string of the molecule is C[C@@H](NC(=O)[C@H](N)C1CCCCC1)C(=O)N(C)[C@@H](C(=O)O)C1CCCCC1. The molecule has 2 aliphatic rings. The number of hydrogen-bond acceptors (Lipinski definition) is 4. The molecule has 0 unspecified atom stereocenters. The first-order valence-electron chi connectivity index (χ1n) is 10.4. The van der Waals surface area contributed by atoms with Crippen LogP contribution < -0.4 is 11.1 Å². The first-order chi connectivity index (χ1) is 12.8. The lowest BCUT2D eigenvalue weighted by Crippen LogP contribution is -2.56. The minimum Gasteiger partial charge on any atom is -0.480 e. The van der Waals surface area contributed by atoms with E-state index in [1.54, 1.807) is 6.92 Å². The Morgan fingerprint density at radius 2 is 1.44 bits per heavy atom. The molecule has 0 saturated heterocycles. The molecule has 2 aliphatic carbocycles. The van der Waals surface area contributed by atoms with Crippen molar-refractivity contribution in [2.75, 3.05) is 7.05 Å². The molecule has 3 atom stereocenters. The standard InChI is InChI=1S/C20H35N3O4/c1-13(22-18(24)16(21)14-9-5-3-6-10-14)19(25)23(2)17(20(26)27)15-11-7-4-8-12-15/h13-17H,3-12,21H2,1-2H3,(H,22,24)(H,26,27)/t13-,16-,17-/m1/s1. The van der Waals surface area contributed by atoms with Crippen LogP contribution in [-0.2, 0) is 14.4 Å². The molecule has 2 fully saturated rings. The van der Waals surface area contributed by atoms with Gasteiger partial charge in [0.25, 0.3) is 0 Å². The number of rotatable bonds is 7. The molecule has 7 nitrogen and oxygen atoms in total. The molecule has 2 amide bonds. The number of nitrogens with two attached hydrogens (primary N) is 1. The van der Waals surface area contributed by atoms with E-state index in [0.717, 1.165) is 57.8 Å². The number of amides is 2. The third-order valence-corrected chi connectivity index (χ3v) is 6.30. The van der Waals surface area contributed by atoms with Gasteiger partial charge < -0.3 is 21.1 Å². The van der Waals surface area contributed by atoms with Crippen LogP contribution in [0.4, 0.5) is 0 Å². The van der Waals surface area contributed by atoms with Crippen LogP contribution in [0, 0.1) is 11.8 Å². The highest BCUT2D eigenvalue weighted by atomic mass is 16.4. The Hall–Kier alpha value is -1.63. The summed E-state index contributed by atoms with van der Waals surface area (Å²) in [7, 11) is 1.53. The van der Waals surface area contributed by atoms with E-state index in [2.05, 4.69) is 5.32 Å². The molecule has 0 heterocycles. The van der Waals surface area contributed by atoms with Gasteiger partial charge in [0.05, 0.1) is 6.04 Å². The molecule has 0 aromatic carbocycles. The van der Waals surface area contributed by atoms with Gasteiger partial charge >= 0.3 is 5.97 Å². The van der Waals surface area contributed by atoms with E-state index in [1.807, 2.05) is 0 Å². The van der Waals surface area contributed by atoms with E-state index in [0.29, 0.717) is 0 Å². The van der Waals surface area contributed by atoms with Crippen molar-refractivity contribution in [3.8, 4) is 0 Å². The molecule has 0 radical (unpaired) electrons. The Kier molecular flexibility index (Phi) is 8.07. The zero-order valence-corrected chi connectivity index (χ0v) is 16.7. The fourth-order valence-electron chi connectivity index (χ4n) is 4.65. The number of aliphatic carboxylic acids is 1. The van der Waals surface area contributed by atoms with Crippen molar-refractivity contribution >= 4 is 17.8 Å². The van der Waals surface area contributed by atoms with Crippen molar-refractivity contribution in [3.63, 3.8) is 0 Å². The summed E-state index contributed by atoms with van der Waals surface area (Å²) in [6, 6.07) is -2.24. The maximum atomic E-state index is 12.8. The molecule has 2 saturated carbocycles. The van der Waals surface area contributed by atoms with E-state index in [9.17, 15) is 19.5 Å². The summed E-state index contributed by atoms with van der Waals surface area (Å²) in [6.45, 7) is 1.60. The van der Waals surface area contributed by atoms with E-state index in [4.69, 9.17) is 5.73 Å². The smallest absolute Gasteiger partial charge is 0.326 e. The Morgan fingerprint density at radius 1 is 0.963 bits per heavy atom. The maximum absolute atomic E-state index is 12.8. The van der Waals surface area contributed by atoms with E-state index < -0.39 is 24.1 Å². The number of carbonyl (C=O) groups is 3. The fraction of sp³-hybridized carbons (Fsp3) is 0.850. The van der Waals surface area contributed by atoms with Crippen LogP contribution in [0.3, 0.4) is 0 Å². The lowest BCUT2D eigenvalue weighted by Gasteiger charge is -2.35. The van der Waals surface area contributed by atoms with Crippen LogP contribution in [-0.4, -0.2) is 53.0 Å². The topological polar surface area (TPSA) is 113 Å².